The Labute approximate surface area is 154 Å². The van der Waals surface area contributed by atoms with E-state index in [4.69, 9.17) is 26.0 Å². The second-order valence-corrected chi connectivity index (χ2v) is 6.00. The molecule has 0 aliphatic heterocycles. The smallest absolute Gasteiger partial charge is 0.292 e. The summed E-state index contributed by atoms with van der Waals surface area (Å²) in [5.41, 5.74) is 1.18. The number of ether oxygens (including phenoxy) is 1. The molecule has 0 bridgehead atoms. The molecule has 0 radical (unpaired) electrons. The third kappa shape index (κ3) is 3.71. The lowest BCUT2D eigenvalue weighted by atomic mass is 10.2. The van der Waals surface area contributed by atoms with Gasteiger partial charge in [0.2, 0.25) is 0 Å². The highest BCUT2D eigenvalue weighted by atomic mass is 35.5. The van der Waals surface area contributed by atoms with E-state index >= 15 is 0 Å². The van der Waals surface area contributed by atoms with Crippen molar-refractivity contribution in [2.24, 2.45) is 7.05 Å². The minimum absolute atomic E-state index is 0.113. The fraction of sp³-hybridized carbons (Fsp3) is 0.167. The van der Waals surface area contributed by atoms with Gasteiger partial charge in [0.25, 0.3) is 5.91 Å². The van der Waals surface area contributed by atoms with E-state index in [0.29, 0.717) is 22.4 Å². The number of furan rings is 1. The maximum absolute atomic E-state index is 12.3. The predicted molar refractivity (Wildman–Crippen MR) is 95.1 cm³/mol. The van der Waals surface area contributed by atoms with Crippen LogP contribution in [0, 0.1) is 18.3 Å². The van der Waals surface area contributed by atoms with Gasteiger partial charge in [0, 0.05) is 12.1 Å². The van der Waals surface area contributed by atoms with Crippen molar-refractivity contribution in [2.45, 2.75) is 13.5 Å². The average molecular weight is 371 g/mol. The standard InChI is InChI=1S/C18H15ClN4O3/c1-11-7-13(19)3-5-15(11)25-10-14-4-6-16(26-14)18(24)22-17-12(8-20)9-21-23(17)2/h3-7,9H,10H2,1-2H3,(H,22,24). The molecule has 1 aromatic carbocycles. The molecule has 0 atom stereocenters. The molecule has 0 aliphatic carbocycles. The lowest BCUT2D eigenvalue weighted by Gasteiger charge is -2.08. The second kappa shape index (κ2) is 7.33. The van der Waals surface area contributed by atoms with Crippen LogP contribution in [0.1, 0.15) is 27.4 Å². The van der Waals surface area contributed by atoms with Crippen LogP contribution < -0.4 is 10.1 Å². The Morgan fingerprint density at radius 1 is 1.42 bits per heavy atom. The van der Waals surface area contributed by atoms with Crippen molar-refractivity contribution in [1.29, 1.82) is 5.26 Å². The molecule has 2 heterocycles. The number of halogens is 1. The van der Waals surface area contributed by atoms with Crippen LogP contribution in [-0.2, 0) is 13.7 Å². The number of hydrogen-bond donors (Lipinski definition) is 1. The third-order valence-corrected chi connectivity index (χ3v) is 3.92. The quantitative estimate of drug-likeness (QED) is 0.739. The van der Waals surface area contributed by atoms with Gasteiger partial charge >= 0.3 is 0 Å². The van der Waals surface area contributed by atoms with Crippen LogP contribution >= 0.6 is 11.6 Å². The number of nitriles is 1. The molecule has 3 aromatic rings. The fourth-order valence-corrected chi connectivity index (χ4v) is 2.56. The second-order valence-electron chi connectivity index (χ2n) is 5.56. The van der Waals surface area contributed by atoms with Crippen LogP contribution in [0.15, 0.2) is 40.9 Å². The molecule has 8 heteroatoms. The van der Waals surface area contributed by atoms with Crippen molar-refractivity contribution in [1.82, 2.24) is 9.78 Å². The fourth-order valence-electron chi connectivity index (χ4n) is 2.34. The highest BCUT2D eigenvalue weighted by Gasteiger charge is 2.16. The van der Waals surface area contributed by atoms with Gasteiger partial charge in [-0.3, -0.25) is 9.48 Å². The normalized spacial score (nSPS) is 10.4. The number of nitrogens with one attached hydrogen (secondary N) is 1. The van der Waals surface area contributed by atoms with Gasteiger partial charge in [-0.15, -0.1) is 0 Å². The van der Waals surface area contributed by atoms with Crippen LogP contribution in [0.4, 0.5) is 5.82 Å². The summed E-state index contributed by atoms with van der Waals surface area (Å²) in [6.07, 6.45) is 1.38. The molecule has 0 aliphatic rings. The van der Waals surface area contributed by atoms with Crippen LogP contribution in [0.25, 0.3) is 0 Å². The van der Waals surface area contributed by atoms with Crippen LogP contribution in [0.2, 0.25) is 5.02 Å². The van der Waals surface area contributed by atoms with Crippen molar-refractivity contribution in [3.05, 3.63) is 64.2 Å². The number of rotatable bonds is 5. The van der Waals surface area contributed by atoms with Crippen molar-refractivity contribution in [2.75, 3.05) is 5.32 Å². The molecule has 26 heavy (non-hydrogen) atoms. The lowest BCUT2D eigenvalue weighted by Crippen LogP contribution is -2.14. The summed E-state index contributed by atoms with van der Waals surface area (Å²) in [6, 6.07) is 10.5. The first-order valence-electron chi connectivity index (χ1n) is 7.69. The molecule has 0 saturated carbocycles. The summed E-state index contributed by atoms with van der Waals surface area (Å²) < 4.78 is 12.6. The molecule has 0 saturated heterocycles. The molecule has 7 nitrogen and oxygen atoms in total. The molecule has 132 valence electrons. The van der Waals surface area contributed by atoms with E-state index < -0.39 is 5.91 Å². The van der Waals surface area contributed by atoms with Gasteiger partial charge in [-0.2, -0.15) is 10.4 Å². The Morgan fingerprint density at radius 3 is 2.96 bits per heavy atom. The first-order valence-corrected chi connectivity index (χ1v) is 8.07. The first-order chi connectivity index (χ1) is 12.5. The minimum Gasteiger partial charge on any atom is -0.485 e. The largest absolute Gasteiger partial charge is 0.485 e. The number of aromatic nitrogens is 2. The zero-order chi connectivity index (χ0) is 18.7. The highest BCUT2D eigenvalue weighted by Crippen LogP contribution is 2.23. The van der Waals surface area contributed by atoms with Crippen molar-refractivity contribution in [3.8, 4) is 11.8 Å². The van der Waals surface area contributed by atoms with E-state index in [2.05, 4.69) is 10.4 Å². The SMILES string of the molecule is Cc1cc(Cl)ccc1OCc1ccc(C(=O)Nc2c(C#N)cnn2C)o1. The topological polar surface area (TPSA) is 93.1 Å². The first kappa shape index (κ1) is 17.6. The van der Waals surface area contributed by atoms with Gasteiger partial charge in [0.15, 0.2) is 5.76 Å². The number of hydrogen-bond acceptors (Lipinski definition) is 5. The van der Waals surface area contributed by atoms with Gasteiger partial charge < -0.3 is 14.5 Å². The molecule has 2 aromatic heterocycles. The maximum atomic E-state index is 12.3. The molecule has 0 fully saturated rings. The zero-order valence-corrected chi connectivity index (χ0v) is 14.9. The number of carbonyl (C=O) groups is 1. The summed E-state index contributed by atoms with van der Waals surface area (Å²) in [7, 11) is 1.63. The van der Waals surface area contributed by atoms with Crippen LogP contribution in [0.3, 0.4) is 0 Å². The van der Waals surface area contributed by atoms with Gasteiger partial charge in [-0.25, -0.2) is 0 Å². The van der Waals surface area contributed by atoms with Crippen LogP contribution in [0.5, 0.6) is 5.75 Å². The molecule has 0 unspecified atom stereocenters. The monoisotopic (exact) mass is 370 g/mol. The zero-order valence-electron chi connectivity index (χ0n) is 14.1. The van der Waals surface area contributed by atoms with Crippen molar-refractivity contribution in [3.63, 3.8) is 0 Å². The van der Waals surface area contributed by atoms with E-state index in [-0.39, 0.29) is 17.9 Å². The predicted octanol–water partition coefficient (Wildman–Crippen LogP) is 3.68. The van der Waals surface area contributed by atoms with E-state index in [1.807, 2.05) is 13.0 Å². The third-order valence-electron chi connectivity index (χ3n) is 3.68. The number of carbonyl (C=O) groups excluding carboxylic acids is 1. The summed E-state index contributed by atoms with van der Waals surface area (Å²) in [5, 5.41) is 16.2. The highest BCUT2D eigenvalue weighted by molar-refractivity contribution is 6.30. The molecule has 1 N–H and O–H groups in total. The number of anilines is 1. The van der Waals surface area contributed by atoms with E-state index in [9.17, 15) is 4.79 Å². The van der Waals surface area contributed by atoms with Crippen LogP contribution in [-0.4, -0.2) is 15.7 Å². The molecular weight excluding hydrogens is 356 g/mol. The Balaban J connectivity index is 1.66. The Hall–Kier alpha value is -3.24. The molecule has 0 spiro atoms. The molecular formula is C18H15ClN4O3. The summed E-state index contributed by atoms with van der Waals surface area (Å²) >= 11 is 5.92. The number of benzene rings is 1. The van der Waals surface area contributed by atoms with Gasteiger partial charge in [0.05, 0.1) is 6.20 Å². The summed E-state index contributed by atoms with van der Waals surface area (Å²) in [6.45, 7) is 2.06. The molecule has 1 amide bonds. The number of nitrogens with zero attached hydrogens (tertiary/aromatic N) is 3. The van der Waals surface area contributed by atoms with Gasteiger partial charge in [-0.05, 0) is 42.8 Å². The average Bonchev–Trinajstić information content (AvgIpc) is 3.22. The summed E-state index contributed by atoms with van der Waals surface area (Å²) in [4.78, 5) is 12.3. The van der Waals surface area contributed by atoms with Crippen molar-refractivity contribution < 1.29 is 13.9 Å². The summed E-state index contributed by atoms with van der Waals surface area (Å²) in [5.74, 6) is 1.13. The molecule has 3 rings (SSSR count). The van der Waals surface area contributed by atoms with E-state index in [0.717, 1.165) is 5.56 Å². The number of amides is 1. The number of aryl methyl sites for hydroxylation is 2. The Morgan fingerprint density at radius 2 is 2.23 bits per heavy atom. The van der Waals surface area contributed by atoms with Gasteiger partial charge in [-0.1, -0.05) is 11.6 Å². The lowest BCUT2D eigenvalue weighted by molar-refractivity contribution is 0.0991. The maximum Gasteiger partial charge on any atom is 0.292 e. The van der Waals surface area contributed by atoms with Gasteiger partial charge in [0.1, 0.15) is 35.6 Å². The Bertz CT molecular complexity index is 1000. The van der Waals surface area contributed by atoms with Crippen molar-refractivity contribution >= 4 is 23.3 Å². The van der Waals surface area contributed by atoms with E-state index in [1.54, 1.807) is 37.4 Å². The minimum atomic E-state index is -0.473. The Kier molecular flexibility index (Phi) is 4.96. The van der Waals surface area contributed by atoms with E-state index in [1.165, 1.54) is 10.9 Å².